The summed E-state index contributed by atoms with van der Waals surface area (Å²) in [5.41, 5.74) is 2.04. The first-order valence-electron chi connectivity index (χ1n) is 9.35. The van der Waals surface area contributed by atoms with Crippen LogP contribution in [0.25, 0.3) is 11.5 Å². The van der Waals surface area contributed by atoms with E-state index >= 15 is 0 Å². The lowest BCUT2D eigenvalue weighted by Gasteiger charge is -2.28. The molecule has 1 N–H and O–H groups in total. The molecule has 0 aromatic carbocycles. The van der Waals surface area contributed by atoms with Gasteiger partial charge in [-0.25, -0.2) is 4.98 Å². The van der Waals surface area contributed by atoms with Gasteiger partial charge in [0.25, 0.3) is 5.91 Å². The second kappa shape index (κ2) is 7.79. The maximum absolute atomic E-state index is 12.8. The number of halogens is 1. The number of amides is 1. The van der Waals surface area contributed by atoms with Crippen molar-refractivity contribution in [3.63, 3.8) is 0 Å². The van der Waals surface area contributed by atoms with Crippen molar-refractivity contribution in [2.45, 2.75) is 12.3 Å². The van der Waals surface area contributed by atoms with Crippen LogP contribution < -0.4 is 5.32 Å². The van der Waals surface area contributed by atoms with Gasteiger partial charge in [0.15, 0.2) is 11.5 Å². The van der Waals surface area contributed by atoms with E-state index in [1.165, 1.54) is 0 Å². The summed E-state index contributed by atoms with van der Waals surface area (Å²) >= 11 is 6.12. The molecule has 0 bridgehead atoms. The van der Waals surface area contributed by atoms with Crippen molar-refractivity contribution >= 4 is 17.5 Å². The van der Waals surface area contributed by atoms with Crippen LogP contribution in [0.4, 0.5) is 0 Å². The van der Waals surface area contributed by atoms with E-state index in [1.54, 1.807) is 23.0 Å². The van der Waals surface area contributed by atoms with Gasteiger partial charge in [-0.15, -0.1) is 0 Å². The molecular formula is C21H21ClN6O2. The van der Waals surface area contributed by atoms with Crippen molar-refractivity contribution in [2.75, 3.05) is 6.54 Å². The van der Waals surface area contributed by atoms with Crippen LogP contribution in [0.1, 0.15) is 28.7 Å². The highest BCUT2D eigenvalue weighted by molar-refractivity contribution is 6.29. The van der Waals surface area contributed by atoms with Gasteiger partial charge >= 0.3 is 0 Å². The van der Waals surface area contributed by atoms with E-state index in [0.717, 1.165) is 17.0 Å². The molecule has 1 amide bonds. The topological polar surface area (TPSA) is 90.8 Å². The first-order valence-corrected chi connectivity index (χ1v) is 9.73. The monoisotopic (exact) mass is 424 g/mol. The zero-order chi connectivity index (χ0) is 21.3. The van der Waals surface area contributed by atoms with Crippen LogP contribution in [0.5, 0.6) is 0 Å². The van der Waals surface area contributed by atoms with Gasteiger partial charge in [0.1, 0.15) is 5.15 Å². The van der Waals surface area contributed by atoms with Crippen molar-refractivity contribution in [2.24, 2.45) is 14.1 Å². The predicted molar refractivity (Wildman–Crippen MR) is 112 cm³/mol. The van der Waals surface area contributed by atoms with Gasteiger partial charge in [0.2, 0.25) is 0 Å². The molecule has 0 aliphatic carbocycles. The lowest BCUT2D eigenvalue weighted by Crippen LogP contribution is -2.40. The minimum Gasteiger partial charge on any atom is -0.354 e. The molecule has 0 aliphatic rings. The number of aryl methyl sites for hydroxylation is 2. The molecule has 0 saturated carbocycles. The van der Waals surface area contributed by atoms with E-state index in [9.17, 15) is 4.79 Å². The van der Waals surface area contributed by atoms with Crippen molar-refractivity contribution < 1.29 is 9.32 Å². The Morgan fingerprint density at radius 3 is 2.77 bits per heavy atom. The molecule has 4 rings (SSSR count). The summed E-state index contributed by atoms with van der Waals surface area (Å²) in [4.78, 5) is 17.3. The number of aromatic nitrogens is 5. The fourth-order valence-corrected chi connectivity index (χ4v) is 3.49. The van der Waals surface area contributed by atoms with Crippen LogP contribution in [0, 0.1) is 0 Å². The van der Waals surface area contributed by atoms with Gasteiger partial charge in [-0.3, -0.25) is 9.48 Å². The van der Waals surface area contributed by atoms with Gasteiger partial charge in [-0.1, -0.05) is 22.8 Å². The summed E-state index contributed by atoms with van der Waals surface area (Å²) < 4.78 is 8.96. The highest BCUT2D eigenvalue weighted by Crippen LogP contribution is 2.31. The Labute approximate surface area is 178 Å². The summed E-state index contributed by atoms with van der Waals surface area (Å²) in [5.74, 6) is 0.190. The number of pyridine rings is 1. The van der Waals surface area contributed by atoms with Crippen LogP contribution in [0.3, 0.4) is 0 Å². The number of nitrogens with zero attached hydrogens (tertiary/aromatic N) is 5. The first-order chi connectivity index (χ1) is 14.4. The number of hydrogen-bond acceptors (Lipinski definition) is 5. The van der Waals surface area contributed by atoms with Crippen molar-refractivity contribution in [1.82, 2.24) is 29.8 Å². The number of carbonyl (C=O) groups is 1. The fraction of sp³-hybridized carbons (Fsp3) is 0.238. The van der Waals surface area contributed by atoms with Gasteiger partial charge in [0.05, 0.1) is 23.0 Å². The lowest BCUT2D eigenvalue weighted by molar-refractivity contribution is 0.0938. The van der Waals surface area contributed by atoms with Crippen LogP contribution in [0.15, 0.2) is 59.5 Å². The molecule has 4 heterocycles. The molecule has 8 nitrogen and oxygen atoms in total. The summed E-state index contributed by atoms with van der Waals surface area (Å²) in [6.07, 6.45) is 5.56. The lowest BCUT2D eigenvalue weighted by atomic mass is 9.80. The molecule has 1 atom stereocenters. The highest BCUT2D eigenvalue weighted by Gasteiger charge is 2.33. The summed E-state index contributed by atoms with van der Waals surface area (Å²) in [6, 6.07) is 10.9. The molecular weight excluding hydrogens is 404 g/mol. The third-order valence-corrected chi connectivity index (χ3v) is 5.37. The Balaban J connectivity index is 1.58. The molecule has 0 fully saturated rings. The molecule has 154 valence electrons. The van der Waals surface area contributed by atoms with E-state index in [-0.39, 0.29) is 18.1 Å². The third-order valence-electron chi connectivity index (χ3n) is 5.16. The highest BCUT2D eigenvalue weighted by atomic mass is 35.5. The number of rotatable bonds is 6. The minimum absolute atomic E-state index is 0.207. The van der Waals surface area contributed by atoms with Gasteiger partial charge < -0.3 is 14.4 Å². The van der Waals surface area contributed by atoms with Crippen molar-refractivity contribution in [3.05, 3.63) is 77.1 Å². The number of hydrogen-bond donors (Lipinski definition) is 1. The zero-order valence-corrected chi connectivity index (χ0v) is 17.6. The minimum atomic E-state index is -0.639. The van der Waals surface area contributed by atoms with Gasteiger partial charge in [-0.2, -0.15) is 5.10 Å². The molecule has 30 heavy (non-hydrogen) atoms. The maximum atomic E-state index is 12.8. The second-order valence-electron chi connectivity index (χ2n) is 7.34. The van der Waals surface area contributed by atoms with E-state index in [0.29, 0.717) is 10.9 Å². The maximum Gasteiger partial charge on any atom is 0.273 e. The Bertz CT molecular complexity index is 1190. The normalized spacial score (nSPS) is 13.2. The summed E-state index contributed by atoms with van der Waals surface area (Å²) in [7, 11) is 3.74. The SMILES string of the molecule is Cn1cc(C(C)(CNC(=O)c2cc(-c3cccn3C)on2)c2cccc(Cl)n2)cn1. The average Bonchev–Trinajstić information content (AvgIpc) is 3.46. The first kappa shape index (κ1) is 19.9. The Hall–Kier alpha value is -3.39. The quantitative estimate of drug-likeness (QED) is 0.480. The fourth-order valence-electron chi connectivity index (χ4n) is 3.33. The average molecular weight is 425 g/mol. The predicted octanol–water partition coefficient (Wildman–Crippen LogP) is 3.20. The molecule has 0 spiro atoms. The van der Waals surface area contributed by atoms with Gasteiger partial charge in [0, 0.05) is 44.7 Å². The smallest absolute Gasteiger partial charge is 0.273 e. The molecule has 9 heteroatoms. The van der Waals surface area contributed by atoms with Crippen LogP contribution in [-0.4, -0.2) is 36.9 Å². The molecule has 4 aromatic heterocycles. The Kier molecular flexibility index (Phi) is 5.17. The summed E-state index contributed by atoms with van der Waals surface area (Å²) in [5, 5.41) is 11.5. The van der Waals surface area contributed by atoms with E-state index < -0.39 is 5.41 Å². The zero-order valence-electron chi connectivity index (χ0n) is 16.8. The standard InChI is InChI=1S/C21H21ClN6O2/c1-21(14-11-24-28(3)12-14,18-7-4-8-19(22)25-18)13-23-20(29)15-10-17(30-26-15)16-6-5-9-27(16)2/h4-12H,13H2,1-3H3,(H,23,29). The number of carbonyl (C=O) groups excluding carboxylic acids is 1. The molecule has 1 unspecified atom stereocenters. The summed E-state index contributed by atoms with van der Waals surface area (Å²) in [6.45, 7) is 2.26. The van der Waals surface area contributed by atoms with Crippen LogP contribution >= 0.6 is 11.6 Å². The van der Waals surface area contributed by atoms with E-state index in [4.69, 9.17) is 16.1 Å². The van der Waals surface area contributed by atoms with Crippen LogP contribution in [-0.2, 0) is 19.5 Å². The van der Waals surface area contributed by atoms with E-state index in [1.807, 2.05) is 62.2 Å². The Morgan fingerprint density at radius 2 is 2.10 bits per heavy atom. The molecule has 0 saturated heterocycles. The second-order valence-corrected chi connectivity index (χ2v) is 7.73. The third kappa shape index (κ3) is 3.73. The van der Waals surface area contributed by atoms with Crippen LogP contribution in [0.2, 0.25) is 5.15 Å². The molecule has 0 aliphatic heterocycles. The Morgan fingerprint density at radius 1 is 1.27 bits per heavy atom. The largest absolute Gasteiger partial charge is 0.354 e. The van der Waals surface area contributed by atoms with Crippen molar-refractivity contribution in [1.29, 1.82) is 0 Å². The van der Waals surface area contributed by atoms with Crippen molar-refractivity contribution in [3.8, 4) is 11.5 Å². The molecule has 0 radical (unpaired) electrons. The molecule has 4 aromatic rings. The van der Waals surface area contributed by atoms with E-state index in [2.05, 4.69) is 20.6 Å². The number of nitrogens with one attached hydrogen (secondary N) is 1. The van der Waals surface area contributed by atoms with Gasteiger partial charge in [-0.05, 0) is 31.2 Å².